The van der Waals surface area contributed by atoms with Crippen LogP contribution in [0.1, 0.15) is 16.7 Å². The van der Waals surface area contributed by atoms with Crippen LogP contribution in [0, 0.1) is 6.92 Å². The average molecular weight is 333 g/mol. The smallest absolute Gasteiger partial charge is 0.250 e. The van der Waals surface area contributed by atoms with E-state index >= 15 is 0 Å². The fourth-order valence-electron chi connectivity index (χ4n) is 1.80. The number of rotatable bonds is 6. The maximum Gasteiger partial charge on any atom is 0.250 e. The Balaban J connectivity index is 1.70. The van der Waals surface area contributed by atoms with Crippen LogP contribution in [0.4, 0.5) is 0 Å². The molecule has 0 atom stereocenters. The number of hydrazone groups is 1. The van der Waals surface area contributed by atoms with E-state index in [2.05, 4.69) is 10.5 Å². The molecule has 22 heavy (non-hydrogen) atoms. The first kappa shape index (κ1) is 16.6. The SMILES string of the molecule is Cc1cccc(/C=N\NC(=O)CSCc2ccc(Cl)cc2)c1. The summed E-state index contributed by atoms with van der Waals surface area (Å²) in [6.07, 6.45) is 1.65. The molecule has 1 N–H and O–H groups in total. The fourth-order valence-corrected chi connectivity index (χ4v) is 2.71. The maximum absolute atomic E-state index is 11.7. The van der Waals surface area contributed by atoms with Gasteiger partial charge in [-0.25, -0.2) is 5.43 Å². The van der Waals surface area contributed by atoms with E-state index in [4.69, 9.17) is 11.6 Å². The van der Waals surface area contributed by atoms with Crippen LogP contribution in [0.2, 0.25) is 5.02 Å². The van der Waals surface area contributed by atoms with Gasteiger partial charge in [0.25, 0.3) is 0 Å². The Hall–Kier alpha value is -1.78. The van der Waals surface area contributed by atoms with Crippen molar-refractivity contribution < 1.29 is 4.79 Å². The summed E-state index contributed by atoms with van der Waals surface area (Å²) in [6.45, 7) is 2.02. The Kier molecular flexibility index (Phi) is 6.49. The number of halogens is 1. The molecule has 0 unspecified atom stereocenters. The molecule has 0 fully saturated rings. The number of aryl methyl sites for hydroxylation is 1. The van der Waals surface area contributed by atoms with Crippen molar-refractivity contribution in [3.8, 4) is 0 Å². The molecule has 2 rings (SSSR count). The van der Waals surface area contributed by atoms with Crippen LogP contribution in [0.25, 0.3) is 0 Å². The lowest BCUT2D eigenvalue weighted by atomic mass is 10.2. The van der Waals surface area contributed by atoms with Gasteiger partial charge in [0.15, 0.2) is 0 Å². The molecule has 0 aliphatic rings. The first-order valence-electron chi connectivity index (χ1n) is 6.84. The number of nitrogens with zero attached hydrogens (tertiary/aromatic N) is 1. The lowest BCUT2D eigenvalue weighted by Gasteiger charge is -2.02. The fraction of sp³-hybridized carbons (Fsp3) is 0.176. The third-order valence-corrected chi connectivity index (χ3v) is 4.12. The van der Waals surface area contributed by atoms with Crippen LogP contribution in [0.15, 0.2) is 53.6 Å². The Bertz CT molecular complexity index is 656. The van der Waals surface area contributed by atoms with E-state index in [1.807, 2.05) is 55.5 Å². The molecule has 0 saturated heterocycles. The first-order valence-corrected chi connectivity index (χ1v) is 8.37. The number of carbonyl (C=O) groups excluding carboxylic acids is 1. The Labute approximate surface area is 139 Å². The van der Waals surface area contributed by atoms with Gasteiger partial charge in [-0.3, -0.25) is 4.79 Å². The van der Waals surface area contributed by atoms with Gasteiger partial charge in [-0.1, -0.05) is 53.6 Å². The Morgan fingerprint density at radius 1 is 1.27 bits per heavy atom. The molecular formula is C17H17ClN2OS. The van der Waals surface area contributed by atoms with Gasteiger partial charge in [0.2, 0.25) is 5.91 Å². The molecule has 0 bridgehead atoms. The summed E-state index contributed by atoms with van der Waals surface area (Å²) in [5.74, 6) is 1.03. The summed E-state index contributed by atoms with van der Waals surface area (Å²) in [4.78, 5) is 11.7. The van der Waals surface area contributed by atoms with Crippen molar-refractivity contribution in [2.75, 3.05) is 5.75 Å². The van der Waals surface area contributed by atoms with Crippen molar-refractivity contribution in [3.63, 3.8) is 0 Å². The number of thioether (sulfide) groups is 1. The van der Waals surface area contributed by atoms with Crippen molar-refractivity contribution in [2.45, 2.75) is 12.7 Å². The molecule has 0 aliphatic carbocycles. The van der Waals surface area contributed by atoms with Crippen molar-refractivity contribution in [2.24, 2.45) is 5.10 Å². The number of nitrogens with one attached hydrogen (secondary N) is 1. The highest BCUT2D eigenvalue weighted by Crippen LogP contribution is 2.15. The summed E-state index contributed by atoms with van der Waals surface area (Å²) in [6, 6.07) is 15.5. The highest BCUT2D eigenvalue weighted by molar-refractivity contribution is 7.99. The second-order valence-electron chi connectivity index (χ2n) is 4.83. The highest BCUT2D eigenvalue weighted by Gasteiger charge is 2.00. The van der Waals surface area contributed by atoms with Gasteiger partial charge in [0, 0.05) is 10.8 Å². The summed E-state index contributed by atoms with van der Waals surface area (Å²) in [5, 5.41) is 4.68. The number of hydrogen-bond acceptors (Lipinski definition) is 3. The zero-order chi connectivity index (χ0) is 15.8. The predicted molar refractivity (Wildman–Crippen MR) is 94.5 cm³/mol. The van der Waals surface area contributed by atoms with Gasteiger partial charge in [0.1, 0.15) is 0 Å². The lowest BCUT2D eigenvalue weighted by molar-refractivity contribution is -0.118. The summed E-state index contributed by atoms with van der Waals surface area (Å²) in [7, 11) is 0. The minimum absolute atomic E-state index is 0.108. The summed E-state index contributed by atoms with van der Waals surface area (Å²) >= 11 is 7.37. The zero-order valence-corrected chi connectivity index (χ0v) is 13.8. The molecule has 0 saturated carbocycles. The standard InChI is InChI=1S/C17H17ClN2OS/c1-13-3-2-4-15(9-13)10-19-20-17(21)12-22-11-14-5-7-16(18)8-6-14/h2-10H,11-12H2,1H3,(H,20,21)/b19-10-. The molecule has 0 spiro atoms. The minimum Gasteiger partial charge on any atom is -0.272 e. The van der Waals surface area contributed by atoms with E-state index in [1.54, 1.807) is 6.21 Å². The molecule has 2 aromatic carbocycles. The highest BCUT2D eigenvalue weighted by atomic mass is 35.5. The van der Waals surface area contributed by atoms with Crippen LogP contribution < -0.4 is 5.43 Å². The van der Waals surface area contributed by atoms with Crippen LogP contribution in [0.5, 0.6) is 0 Å². The molecular weight excluding hydrogens is 316 g/mol. The van der Waals surface area contributed by atoms with E-state index in [1.165, 1.54) is 11.8 Å². The summed E-state index contributed by atoms with van der Waals surface area (Å²) in [5.41, 5.74) is 5.81. The maximum atomic E-state index is 11.7. The average Bonchev–Trinajstić information content (AvgIpc) is 2.49. The number of benzene rings is 2. The van der Waals surface area contributed by atoms with E-state index in [-0.39, 0.29) is 5.91 Å². The summed E-state index contributed by atoms with van der Waals surface area (Å²) < 4.78 is 0. The van der Waals surface area contributed by atoms with Gasteiger partial charge < -0.3 is 0 Å². The van der Waals surface area contributed by atoms with Gasteiger partial charge in [-0.15, -0.1) is 11.8 Å². The second kappa shape index (κ2) is 8.61. The number of carbonyl (C=O) groups is 1. The Morgan fingerprint density at radius 2 is 2.05 bits per heavy atom. The van der Waals surface area contributed by atoms with E-state index < -0.39 is 0 Å². The first-order chi connectivity index (χ1) is 10.6. The van der Waals surface area contributed by atoms with Gasteiger partial charge >= 0.3 is 0 Å². The molecule has 2 aromatic rings. The van der Waals surface area contributed by atoms with Crippen molar-refractivity contribution >= 4 is 35.5 Å². The predicted octanol–water partition coefficient (Wildman–Crippen LogP) is 4.03. The molecule has 0 aromatic heterocycles. The monoisotopic (exact) mass is 332 g/mol. The normalized spacial score (nSPS) is 10.8. The van der Waals surface area contributed by atoms with Crippen molar-refractivity contribution in [3.05, 3.63) is 70.2 Å². The molecule has 0 aliphatic heterocycles. The van der Waals surface area contributed by atoms with E-state index in [0.717, 1.165) is 27.5 Å². The van der Waals surface area contributed by atoms with Crippen molar-refractivity contribution in [1.82, 2.24) is 5.43 Å². The molecule has 0 radical (unpaired) electrons. The van der Waals surface area contributed by atoms with E-state index in [0.29, 0.717) is 5.75 Å². The molecule has 1 amide bonds. The topological polar surface area (TPSA) is 41.5 Å². The second-order valence-corrected chi connectivity index (χ2v) is 6.25. The number of amides is 1. The van der Waals surface area contributed by atoms with E-state index in [9.17, 15) is 4.79 Å². The molecule has 0 heterocycles. The van der Waals surface area contributed by atoms with Crippen LogP contribution in [-0.4, -0.2) is 17.9 Å². The van der Waals surface area contributed by atoms with Gasteiger partial charge in [-0.05, 0) is 30.2 Å². The zero-order valence-electron chi connectivity index (χ0n) is 12.3. The minimum atomic E-state index is -0.108. The van der Waals surface area contributed by atoms with Gasteiger partial charge in [-0.2, -0.15) is 5.10 Å². The van der Waals surface area contributed by atoms with Crippen LogP contribution in [0.3, 0.4) is 0 Å². The third-order valence-electron chi connectivity index (χ3n) is 2.86. The lowest BCUT2D eigenvalue weighted by Crippen LogP contribution is -2.19. The van der Waals surface area contributed by atoms with Crippen LogP contribution >= 0.6 is 23.4 Å². The largest absolute Gasteiger partial charge is 0.272 e. The quantitative estimate of drug-likeness (QED) is 0.641. The molecule has 5 heteroatoms. The van der Waals surface area contributed by atoms with Crippen LogP contribution in [-0.2, 0) is 10.5 Å². The number of hydrogen-bond donors (Lipinski definition) is 1. The Morgan fingerprint density at radius 3 is 2.77 bits per heavy atom. The van der Waals surface area contributed by atoms with Crippen molar-refractivity contribution in [1.29, 1.82) is 0 Å². The molecule has 3 nitrogen and oxygen atoms in total. The third kappa shape index (κ3) is 5.92. The molecule has 114 valence electrons. The van der Waals surface area contributed by atoms with Gasteiger partial charge in [0.05, 0.1) is 12.0 Å².